The van der Waals surface area contributed by atoms with E-state index < -0.39 is 0 Å². The first-order valence-corrected chi connectivity index (χ1v) is 12.2. The van der Waals surface area contributed by atoms with Gasteiger partial charge in [0.25, 0.3) is 0 Å². The van der Waals surface area contributed by atoms with E-state index in [-0.39, 0.29) is 89.1 Å². The average molecular weight is 715 g/mol. The smallest absolute Gasteiger partial charge is 0.871 e. The van der Waals surface area contributed by atoms with E-state index in [1.54, 1.807) is 12.1 Å². The molecule has 0 N–H and O–H groups in total. The standard InChI is InChI=1S/C22H13Br4O5.K/c1-2-29-22(10-6-4-3-5-7-10)31-19-11-8-13(23)17(27)15(25)20(11)30-21-12(19)9-14(24)18(28)16(21)26;/h3-9,27H,2H2,1H3;/q;+1/p-1. The number of hydrogen-bond acceptors (Lipinski definition) is 5. The van der Waals surface area contributed by atoms with E-state index in [2.05, 4.69) is 63.7 Å². The predicted octanol–water partition coefficient (Wildman–Crippen LogP) is 3.98. The molecule has 0 amide bonds. The summed E-state index contributed by atoms with van der Waals surface area (Å²) in [5, 5.41) is 13.0. The van der Waals surface area contributed by atoms with E-state index in [0.717, 1.165) is 5.56 Å². The monoisotopic (exact) mass is 711 g/mol. The summed E-state index contributed by atoms with van der Waals surface area (Å²) < 4.78 is 19.2. The zero-order valence-electron chi connectivity index (χ0n) is 16.8. The third-order valence-corrected chi connectivity index (χ3v) is 7.05. The van der Waals surface area contributed by atoms with Crippen LogP contribution in [0.1, 0.15) is 12.5 Å². The minimum atomic E-state index is -0.283. The molecule has 0 spiro atoms. The van der Waals surface area contributed by atoms with Gasteiger partial charge in [-0.05, 0) is 66.8 Å². The molecular weight excluding hydrogens is 703 g/mol. The molecule has 4 rings (SSSR count). The summed E-state index contributed by atoms with van der Waals surface area (Å²) in [6.45, 7) is 2.24. The van der Waals surface area contributed by atoms with Gasteiger partial charge in [0.1, 0.15) is 10.2 Å². The first-order chi connectivity index (χ1) is 14.8. The van der Waals surface area contributed by atoms with Gasteiger partial charge in [-0.1, -0.05) is 52.0 Å². The van der Waals surface area contributed by atoms with E-state index in [9.17, 15) is 9.90 Å². The van der Waals surface area contributed by atoms with Crippen molar-refractivity contribution in [2.24, 2.45) is 0 Å². The topological polar surface area (TPSA) is 71.7 Å². The molecule has 0 saturated carbocycles. The number of hydrogen-bond donors (Lipinski definition) is 0. The summed E-state index contributed by atoms with van der Waals surface area (Å²) in [5.74, 6) is 0.350. The van der Waals surface area contributed by atoms with Crippen LogP contribution in [-0.2, 0) is 4.74 Å². The van der Waals surface area contributed by atoms with Crippen molar-refractivity contribution in [3.05, 3.63) is 82.4 Å². The maximum Gasteiger partial charge on any atom is 1.00 e. The van der Waals surface area contributed by atoms with Crippen LogP contribution in [0.3, 0.4) is 0 Å². The first kappa shape index (κ1) is 26.8. The van der Waals surface area contributed by atoms with Crippen molar-refractivity contribution < 1.29 is 70.4 Å². The quantitative estimate of drug-likeness (QED) is 0.231. The van der Waals surface area contributed by atoms with E-state index in [0.29, 0.717) is 32.3 Å². The molecule has 0 atom stereocenters. The van der Waals surface area contributed by atoms with Gasteiger partial charge in [0.05, 0.1) is 19.9 Å². The molecule has 1 aliphatic carbocycles. The SMILES string of the molecule is CCO[C](Oc1c2cc(Br)c(=O)c(Br)c-2oc2c(Br)c([O-])c(Br)cc12)c1ccccc1.[K+]. The molecule has 2 aliphatic rings. The van der Waals surface area contributed by atoms with Crippen LogP contribution < -0.4 is 66.7 Å². The van der Waals surface area contributed by atoms with E-state index in [4.69, 9.17) is 13.9 Å². The van der Waals surface area contributed by atoms with Crippen LogP contribution in [0.2, 0.25) is 0 Å². The molecule has 0 fully saturated rings. The molecule has 2 aromatic carbocycles. The summed E-state index contributed by atoms with van der Waals surface area (Å²) in [7, 11) is 0. The van der Waals surface area contributed by atoms with Gasteiger partial charge >= 0.3 is 57.7 Å². The molecule has 1 aliphatic heterocycles. The molecule has 0 unspecified atom stereocenters. The Morgan fingerprint density at radius 3 is 2.38 bits per heavy atom. The fourth-order valence-corrected chi connectivity index (χ4v) is 5.43. The summed E-state index contributed by atoms with van der Waals surface area (Å²) in [6, 6.07) is 12.6. The molecule has 2 aromatic rings. The molecule has 0 aromatic heterocycles. The van der Waals surface area contributed by atoms with Gasteiger partial charge in [-0.15, -0.1) is 0 Å². The molecule has 0 bridgehead atoms. The van der Waals surface area contributed by atoms with Crippen molar-refractivity contribution in [3.8, 4) is 22.8 Å². The van der Waals surface area contributed by atoms with Crippen LogP contribution in [0.25, 0.3) is 22.3 Å². The summed E-state index contributed by atoms with van der Waals surface area (Å²) >= 11 is 13.2. The molecule has 5 nitrogen and oxygen atoms in total. The molecule has 32 heavy (non-hydrogen) atoms. The van der Waals surface area contributed by atoms with Crippen molar-refractivity contribution >= 4 is 74.7 Å². The van der Waals surface area contributed by atoms with Crippen LogP contribution in [0.15, 0.2) is 69.6 Å². The summed E-state index contributed by atoms with van der Waals surface area (Å²) in [6.07, 6.45) is 0.286. The van der Waals surface area contributed by atoms with Gasteiger partial charge < -0.3 is 19.0 Å². The normalized spacial score (nSPS) is 11.2. The number of ether oxygens (including phenoxy) is 2. The second-order valence-corrected chi connectivity index (χ2v) is 9.67. The van der Waals surface area contributed by atoms with Gasteiger partial charge in [-0.25, -0.2) is 0 Å². The van der Waals surface area contributed by atoms with Gasteiger partial charge in [0.15, 0.2) is 11.3 Å². The van der Waals surface area contributed by atoms with Crippen molar-refractivity contribution in [2.75, 3.05) is 6.61 Å². The maximum atomic E-state index is 12.5. The van der Waals surface area contributed by atoms with Crippen molar-refractivity contribution in [2.45, 2.75) is 6.92 Å². The van der Waals surface area contributed by atoms with Crippen LogP contribution >= 0.6 is 63.7 Å². The maximum absolute atomic E-state index is 12.5. The molecular formula is C22H12Br4KO5. The number of halogens is 4. The third kappa shape index (κ3) is 5.10. The summed E-state index contributed by atoms with van der Waals surface area (Å²) in [5.41, 5.74) is 1.23. The van der Waals surface area contributed by atoms with E-state index >= 15 is 0 Å². The molecule has 1 radical (unpaired) electrons. The Morgan fingerprint density at radius 1 is 1.03 bits per heavy atom. The fraction of sp³-hybridized carbons (Fsp3) is 0.0909. The van der Waals surface area contributed by atoms with Gasteiger partial charge in [0.2, 0.25) is 5.43 Å². The minimum absolute atomic E-state index is 0. The molecule has 1 heterocycles. The van der Waals surface area contributed by atoms with E-state index in [1.807, 2.05) is 37.3 Å². The predicted molar refractivity (Wildman–Crippen MR) is 130 cm³/mol. The van der Waals surface area contributed by atoms with E-state index in [1.165, 1.54) is 0 Å². The van der Waals surface area contributed by atoms with Gasteiger partial charge in [-0.2, -0.15) is 0 Å². The number of fused-ring (bicyclic) bond motifs is 2. The van der Waals surface area contributed by atoms with Crippen molar-refractivity contribution in [1.82, 2.24) is 0 Å². The van der Waals surface area contributed by atoms with Gasteiger partial charge in [0, 0.05) is 16.6 Å². The summed E-state index contributed by atoms with van der Waals surface area (Å²) in [4.78, 5) is 12.5. The fourth-order valence-electron chi connectivity index (χ4n) is 3.03. The van der Waals surface area contributed by atoms with Crippen LogP contribution in [0.4, 0.5) is 0 Å². The Hall–Kier alpha value is 0.246. The molecule has 10 heteroatoms. The number of rotatable bonds is 5. The zero-order valence-corrected chi connectivity index (χ0v) is 26.3. The zero-order chi connectivity index (χ0) is 22.3. The Labute approximate surface area is 260 Å². The Balaban J connectivity index is 0.00000289. The molecule has 0 saturated heterocycles. The Morgan fingerprint density at radius 2 is 1.72 bits per heavy atom. The largest absolute Gasteiger partial charge is 1.00 e. The molecule has 159 valence electrons. The minimum Gasteiger partial charge on any atom is -0.871 e. The van der Waals surface area contributed by atoms with Crippen LogP contribution in [0, 0.1) is 6.29 Å². The first-order valence-electron chi connectivity index (χ1n) is 9.00. The Bertz CT molecular complexity index is 1310. The van der Waals surface area contributed by atoms with Gasteiger partial charge in [-0.3, -0.25) is 4.79 Å². The van der Waals surface area contributed by atoms with Crippen LogP contribution in [-0.4, -0.2) is 6.61 Å². The second-order valence-electron chi connectivity index (χ2n) is 6.38. The average Bonchev–Trinajstić information content (AvgIpc) is 2.77. The number of benzene rings is 3. The van der Waals surface area contributed by atoms with Crippen molar-refractivity contribution in [1.29, 1.82) is 0 Å². The third-order valence-electron chi connectivity index (χ3n) is 4.44. The van der Waals surface area contributed by atoms with Crippen molar-refractivity contribution in [3.63, 3.8) is 0 Å². The van der Waals surface area contributed by atoms with Crippen LogP contribution in [0.5, 0.6) is 11.5 Å². The second kappa shape index (κ2) is 11.3. The Kier molecular flexibility index (Phi) is 9.50.